The standard InChI is InChI=1S/C13H15BrN2S2/c1-15-10(8-13-16-6-7-17-13)9-18-12-5-3-2-4-11(12)14/h2-7,10,15H,8-9H2,1H3. The van der Waals surface area contributed by atoms with Gasteiger partial charge in [-0.05, 0) is 35.1 Å². The van der Waals surface area contributed by atoms with Crippen molar-refractivity contribution in [2.45, 2.75) is 17.4 Å². The molecule has 18 heavy (non-hydrogen) atoms. The minimum Gasteiger partial charge on any atom is -0.316 e. The Labute approximate surface area is 124 Å². The highest BCUT2D eigenvalue weighted by molar-refractivity contribution is 9.10. The molecule has 0 fully saturated rings. The SMILES string of the molecule is CNC(CSc1ccccc1Br)Cc1nccs1. The van der Waals surface area contributed by atoms with Crippen LogP contribution in [0.2, 0.25) is 0 Å². The van der Waals surface area contributed by atoms with Crippen molar-refractivity contribution in [3.05, 3.63) is 45.3 Å². The van der Waals surface area contributed by atoms with Crippen LogP contribution in [0.1, 0.15) is 5.01 Å². The number of rotatable bonds is 6. The van der Waals surface area contributed by atoms with Crippen LogP contribution in [0.4, 0.5) is 0 Å². The van der Waals surface area contributed by atoms with Gasteiger partial charge in [-0.15, -0.1) is 23.1 Å². The third kappa shape index (κ3) is 4.09. The van der Waals surface area contributed by atoms with Crippen LogP contribution < -0.4 is 5.32 Å². The summed E-state index contributed by atoms with van der Waals surface area (Å²) in [5.41, 5.74) is 0. The predicted octanol–water partition coefficient (Wildman–Crippen LogP) is 3.83. The molecule has 0 amide bonds. The molecular weight excluding hydrogens is 328 g/mol. The first kappa shape index (κ1) is 14.1. The minimum atomic E-state index is 0.452. The van der Waals surface area contributed by atoms with Crippen molar-refractivity contribution in [1.82, 2.24) is 10.3 Å². The van der Waals surface area contributed by atoms with Crippen LogP contribution in [0.3, 0.4) is 0 Å². The molecule has 1 N–H and O–H groups in total. The van der Waals surface area contributed by atoms with Crippen LogP contribution in [0.25, 0.3) is 0 Å². The maximum absolute atomic E-state index is 4.34. The molecular formula is C13H15BrN2S2. The number of nitrogens with one attached hydrogen (secondary N) is 1. The first-order chi connectivity index (χ1) is 8.79. The lowest BCUT2D eigenvalue weighted by Gasteiger charge is -2.14. The molecule has 0 spiro atoms. The van der Waals surface area contributed by atoms with Gasteiger partial charge in [-0.3, -0.25) is 0 Å². The summed E-state index contributed by atoms with van der Waals surface area (Å²) in [5, 5.41) is 6.59. The van der Waals surface area contributed by atoms with Gasteiger partial charge >= 0.3 is 0 Å². The molecule has 2 rings (SSSR count). The van der Waals surface area contributed by atoms with Gasteiger partial charge in [0.1, 0.15) is 0 Å². The highest BCUT2D eigenvalue weighted by Crippen LogP contribution is 2.27. The highest BCUT2D eigenvalue weighted by atomic mass is 79.9. The third-order valence-corrected chi connectivity index (χ3v) is 5.58. The number of thioether (sulfide) groups is 1. The number of benzene rings is 1. The summed E-state index contributed by atoms with van der Waals surface area (Å²) in [6, 6.07) is 8.79. The van der Waals surface area contributed by atoms with Gasteiger partial charge in [0.15, 0.2) is 0 Å². The predicted molar refractivity (Wildman–Crippen MR) is 83.5 cm³/mol. The van der Waals surface area contributed by atoms with Crippen LogP contribution in [0, 0.1) is 0 Å². The van der Waals surface area contributed by atoms with E-state index in [0.717, 1.165) is 12.2 Å². The Morgan fingerprint density at radius 2 is 2.28 bits per heavy atom. The average molecular weight is 343 g/mol. The van der Waals surface area contributed by atoms with Crippen LogP contribution in [-0.2, 0) is 6.42 Å². The van der Waals surface area contributed by atoms with Crippen LogP contribution in [0.5, 0.6) is 0 Å². The van der Waals surface area contributed by atoms with E-state index in [1.807, 2.05) is 36.5 Å². The van der Waals surface area contributed by atoms with Crippen molar-refractivity contribution in [2.75, 3.05) is 12.8 Å². The molecule has 1 heterocycles. The number of nitrogens with zero attached hydrogens (tertiary/aromatic N) is 1. The average Bonchev–Trinajstić information content (AvgIpc) is 2.89. The minimum absolute atomic E-state index is 0.452. The number of hydrogen-bond donors (Lipinski definition) is 1. The second-order valence-electron chi connectivity index (χ2n) is 3.86. The molecule has 0 saturated carbocycles. The molecule has 96 valence electrons. The number of aromatic nitrogens is 1. The fourth-order valence-corrected chi connectivity index (χ4v) is 3.93. The molecule has 0 saturated heterocycles. The second kappa shape index (κ2) is 7.28. The van der Waals surface area contributed by atoms with E-state index in [1.54, 1.807) is 11.3 Å². The van der Waals surface area contributed by atoms with E-state index >= 15 is 0 Å². The summed E-state index contributed by atoms with van der Waals surface area (Å²) in [4.78, 5) is 5.63. The Morgan fingerprint density at radius 1 is 1.44 bits per heavy atom. The number of thiazole rings is 1. The van der Waals surface area contributed by atoms with Crippen LogP contribution in [-0.4, -0.2) is 23.8 Å². The molecule has 2 aromatic rings. The van der Waals surface area contributed by atoms with Crippen molar-refractivity contribution in [1.29, 1.82) is 0 Å². The van der Waals surface area contributed by atoms with Crippen molar-refractivity contribution in [3.8, 4) is 0 Å². The van der Waals surface area contributed by atoms with E-state index in [2.05, 4.69) is 44.4 Å². The number of likely N-dealkylation sites (N-methyl/N-ethyl adjacent to an activating group) is 1. The zero-order valence-electron chi connectivity index (χ0n) is 10.1. The highest BCUT2D eigenvalue weighted by Gasteiger charge is 2.10. The topological polar surface area (TPSA) is 24.9 Å². The maximum atomic E-state index is 4.34. The van der Waals surface area contributed by atoms with Gasteiger partial charge in [0.2, 0.25) is 0 Å². The third-order valence-electron chi connectivity index (χ3n) is 2.59. The van der Waals surface area contributed by atoms with Crippen molar-refractivity contribution in [2.24, 2.45) is 0 Å². The molecule has 1 atom stereocenters. The fraction of sp³-hybridized carbons (Fsp3) is 0.308. The van der Waals surface area contributed by atoms with E-state index in [0.29, 0.717) is 6.04 Å². The Morgan fingerprint density at radius 3 is 2.94 bits per heavy atom. The van der Waals surface area contributed by atoms with Crippen molar-refractivity contribution in [3.63, 3.8) is 0 Å². The summed E-state index contributed by atoms with van der Waals surface area (Å²) < 4.78 is 1.17. The Kier molecular flexibility index (Phi) is 5.69. The van der Waals surface area contributed by atoms with Gasteiger partial charge in [-0.2, -0.15) is 0 Å². The van der Waals surface area contributed by atoms with E-state index < -0.39 is 0 Å². The van der Waals surface area contributed by atoms with Gasteiger partial charge in [0.25, 0.3) is 0 Å². The van der Waals surface area contributed by atoms with Gasteiger partial charge in [0, 0.05) is 39.2 Å². The van der Waals surface area contributed by atoms with E-state index in [-0.39, 0.29) is 0 Å². The normalized spacial score (nSPS) is 12.6. The molecule has 0 aliphatic carbocycles. The molecule has 0 aliphatic rings. The van der Waals surface area contributed by atoms with E-state index in [9.17, 15) is 0 Å². The molecule has 0 bridgehead atoms. The fourth-order valence-electron chi connectivity index (χ4n) is 1.56. The Hall–Kier alpha value is -0.360. The zero-order valence-corrected chi connectivity index (χ0v) is 13.3. The van der Waals surface area contributed by atoms with E-state index in [1.165, 1.54) is 14.4 Å². The van der Waals surface area contributed by atoms with Gasteiger partial charge in [-0.1, -0.05) is 12.1 Å². The Bertz CT molecular complexity index is 474. The summed E-state index contributed by atoms with van der Waals surface area (Å²) in [5.74, 6) is 1.04. The lowest BCUT2D eigenvalue weighted by Crippen LogP contribution is -2.29. The summed E-state index contributed by atoms with van der Waals surface area (Å²) >= 11 is 7.17. The Balaban J connectivity index is 1.89. The molecule has 0 aliphatic heterocycles. The first-order valence-electron chi connectivity index (χ1n) is 5.72. The molecule has 2 nitrogen and oxygen atoms in total. The number of halogens is 1. The molecule has 1 aromatic heterocycles. The monoisotopic (exact) mass is 342 g/mol. The molecule has 5 heteroatoms. The van der Waals surface area contributed by atoms with Gasteiger partial charge < -0.3 is 5.32 Å². The molecule has 0 radical (unpaired) electrons. The molecule has 1 unspecified atom stereocenters. The maximum Gasteiger partial charge on any atom is 0.0940 e. The number of hydrogen-bond acceptors (Lipinski definition) is 4. The zero-order chi connectivity index (χ0) is 12.8. The van der Waals surface area contributed by atoms with Crippen LogP contribution >= 0.6 is 39.0 Å². The largest absolute Gasteiger partial charge is 0.316 e. The van der Waals surface area contributed by atoms with E-state index in [4.69, 9.17) is 0 Å². The lowest BCUT2D eigenvalue weighted by molar-refractivity contribution is 0.615. The summed E-state index contributed by atoms with van der Waals surface area (Å²) in [7, 11) is 2.01. The first-order valence-corrected chi connectivity index (χ1v) is 8.38. The summed E-state index contributed by atoms with van der Waals surface area (Å²) in [6.45, 7) is 0. The second-order valence-corrected chi connectivity index (χ2v) is 6.75. The van der Waals surface area contributed by atoms with Crippen LogP contribution in [0.15, 0.2) is 45.2 Å². The van der Waals surface area contributed by atoms with Gasteiger partial charge in [0.05, 0.1) is 5.01 Å². The van der Waals surface area contributed by atoms with Gasteiger partial charge in [-0.25, -0.2) is 4.98 Å². The lowest BCUT2D eigenvalue weighted by atomic mass is 10.2. The summed E-state index contributed by atoms with van der Waals surface area (Å²) in [6.07, 6.45) is 2.86. The molecule has 1 aromatic carbocycles. The van der Waals surface area contributed by atoms with Crippen molar-refractivity contribution < 1.29 is 0 Å². The smallest absolute Gasteiger partial charge is 0.0940 e. The quantitative estimate of drug-likeness (QED) is 0.807. The van der Waals surface area contributed by atoms with Crippen molar-refractivity contribution >= 4 is 39.0 Å².